The van der Waals surface area contributed by atoms with Crippen LogP contribution in [0, 0.1) is 0 Å². The van der Waals surface area contributed by atoms with E-state index in [1.807, 2.05) is 6.07 Å². The summed E-state index contributed by atoms with van der Waals surface area (Å²) in [5.41, 5.74) is 1.50. The van der Waals surface area contributed by atoms with Gasteiger partial charge in [0.1, 0.15) is 17.2 Å². The molecule has 5 aromatic rings. The van der Waals surface area contributed by atoms with Crippen LogP contribution in [-0.4, -0.2) is 42.8 Å². The Balaban J connectivity index is 1.56. The van der Waals surface area contributed by atoms with Crippen LogP contribution in [0.3, 0.4) is 0 Å². The second-order valence-corrected chi connectivity index (χ2v) is 7.45. The molecule has 2 aromatic carbocycles. The fourth-order valence-corrected chi connectivity index (χ4v) is 3.64. The smallest absolute Gasteiger partial charge is 0.494 e. The average Bonchev–Trinajstić information content (AvgIpc) is 3.56. The lowest BCUT2D eigenvalue weighted by atomic mass is 10.2. The molecule has 0 unspecified atom stereocenters. The van der Waals surface area contributed by atoms with Gasteiger partial charge in [-0.2, -0.15) is 15.3 Å². The molecule has 5 rings (SSSR count). The van der Waals surface area contributed by atoms with Crippen LogP contribution < -0.4 is 14.9 Å². The summed E-state index contributed by atoms with van der Waals surface area (Å²) in [5.74, 6) is 0.0671. The topological polar surface area (TPSA) is 89.0 Å². The Labute approximate surface area is 201 Å². The molecule has 0 spiro atoms. The van der Waals surface area contributed by atoms with E-state index in [0.717, 1.165) is 5.69 Å². The van der Waals surface area contributed by atoms with Crippen LogP contribution in [-0.2, 0) is 0 Å². The standard InChI is InChI=1S/C24H17F3N6O3/c1-35-22-15-16(31-12-3-10-28-31)6-7-19(22)32-13-9-21(34)23(30-32)20-8-11-29-33(20)17-4-2-5-18(14-17)36-24(25,26)27/h2-15H,1H3. The molecule has 0 amide bonds. The van der Waals surface area contributed by atoms with Crippen molar-refractivity contribution >= 4 is 0 Å². The predicted molar refractivity (Wildman–Crippen MR) is 123 cm³/mol. The van der Waals surface area contributed by atoms with Crippen LogP contribution in [0.4, 0.5) is 13.2 Å². The molecule has 0 atom stereocenters. The number of alkyl halides is 3. The van der Waals surface area contributed by atoms with Crippen molar-refractivity contribution in [1.82, 2.24) is 29.3 Å². The quantitative estimate of drug-likeness (QED) is 0.352. The second-order valence-electron chi connectivity index (χ2n) is 7.45. The summed E-state index contributed by atoms with van der Waals surface area (Å²) in [7, 11) is 1.51. The minimum Gasteiger partial charge on any atom is -0.494 e. The molecule has 0 radical (unpaired) electrons. The maximum atomic E-state index is 12.8. The number of ether oxygens (including phenoxy) is 2. The van der Waals surface area contributed by atoms with Crippen molar-refractivity contribution in [2.75, 3.05) is 7.11 Å². The number of halogens is 3. The highest BCUT2D eigenvalue weighted by atomic mass is 19.4. The molecule has 0 N–H and O–H groups in total. The first-order chi connectivity index (χ1) is 17.3. The van der Waals surface area contributed by atoms with Crippen molar-refractivity contribution in [3.63, 3.8) is 0 Å². The lowest BCUT2D eigenvalue weighted by Gasteiger charge is -2.14. The zero-order valence-corrected chi connectivity index (χ0v) is 18.6. The van der Waals surface area contributed by atoms with Crippen LogP contribution in [0.1, 0.15) is 0 Å². The number of hydrogen-bond acceptors (Lipinski definition) is 6. The molecule has 0 aliphatic rings. The monoisotopic (exact) mass is 494 g/mol. The average molecular weight is 494 g/mol. The summed E-state index contributed by atoms with van der Waals surface area (Å²) in [6, 6.07) is 15.3. The van der Waals surface area contributed by atoms with Crippen LogP contribution >= 0.6 is 0 Å². The van der Waals surface area contributed by atoms with Gasteiger partial charge >= 0.3 is 6.36 Å². The van der Waals surface area contributed by atoms with Crippen molar-refractivity contribution in [1.29, 1.82) is 0 Å². The van der Waals surface area contributed by atoms with Crippen LogP contribution in [0.5, 0.6) is 11.5 Å². The summed E-state index contributed by atoms with van der Waals surface area (Å²) in [6.45, 7) is 0. The van der Waals surface area contributed by atoms with E-state index in [2.05, 4.69) is 20.0 Å². The highest BCUT2D eigenvalue weighted by Crippen LogP contribution is 2.28. The molecule has 36 heavy (non-hydrogen) atoms. The summed E-state index contributed by atoms with van der Waals surface area (Å²) in [5, 5.41) is 12.9. The fraction of sp³-hybridized carbons (Fsp3) is 0.0833. The van der Waals surface area contributed by atoms with Crippen molar-refractivity contribution in [2.45, 2.75) is 6.36 Å². The third-order valence-corrected chi connectivity index (χ3v) is 5.17. The zero-order chi connectivity index (χ0) is 25.3. The van der Waals surface area contributed by atoms with E-state index in [0.29, 0.717) is 11.4 Å². The summed E-state index contributed by atoms with van der Waals surface area (Å²) in [4.78, 5) is 12.8. The SMILES string of the molecule is COc1cc(-n2cccn2)ccc1-n1ccc(=O)c(-c2ccnn2-c2cccc(OC(F)(F)F)c2)n1. The van der Waals surface area contributed by atoms with E-state index in [9.17, 15) is 18.0 Å². The molecular weight excluding hydrogens is 477 g/mol. The van der Waals surface area contributed by atoms with Gasteiger partial charge in [0.05, 0.1) is 30.4 Å². The van der Waals surface area contributed by atoms with Crippen molar-refractivity contribution < 1.29 is 22.6 Å². The molecule has 0 aliphatic carbocycles. The number of rotatable bonds is 6. The Morgan fingerprint density at radius 1 is 0.861 bits per heavy atom. The fourth-order valence-electron chi connectivity index (χ4n) is 3.64. The van der Waals surface area contributed by atoms with E-state index in [1.54, 1.807) is 41.3 Å². The predicted octanol–water partition coefficient (Wildman–Crippen LogP) is 4.18. The van der Waals surface area contributed by atoms with Crippen LogP contribution in [0.2, 0.25) is 0 Å². The molecule has 182 valence electrons. The van der Waals surface area contributed by atoms with E-state index < -0.39 is 17.5 Å². The molecule has 3 heterocycles. The largest absolute Gasteiger partial charge is 0.573 e. The van der Waals surface area contributed by atoms with Gasteiger partial charge in [-0.15, -0.1) is 13.2 Å². The summed E-state index contributed by atoms with van der Waals surface area (Å²) in [6.07, 6.45) is 1.52. The molecule has 0 bridgehead atoms. The molecular formula is C24H17F3N6O3. The second kappa shape index (κ2) is 9.06. The van der Waals surface area contributed by atoms with Gasteiger partial charge in [0.25, 0.3) is 0 Å². The summed E-state index contributed by atoms with van der Waals surface area (Å²) < 4.78 is 52.0. The first-order valence-corrected chi connectivity index (χ1v) is 10.5. The van der Waals surface area contributed by atoms with Gasteiger partial charge in [-0.25, -0.2) is 14.0 Å². The van der Waals surface area contributed by atoms with Gasteiger partial charge in [0, 0.05) is 36.8 Å². The van der Waals surface area contributed by atoms with Gasteiger partial charge < -0.3 is 9.47 Å². The van der Waals surface area contributed by atoms with Gasteiger partial charge in [0.15, 0.2) is 5.69 Å². The van der Waals surface area contributed by atoms with Gasteiger partial charge in [-0.1, -0.05) is 6.07 Å². The third-order valence-electron chi connectivity index (χ3n) is 5.17. The molecule has 12 heteroatoms. The molecule has 0 saturated heterocycles. The Kier molecular flexibility index (Phi) is 5.76. The van der Waals surface area contributed by atoms with E-state index in [1.165, 1.54) is 59.2 Å². The number of methoxy groups -OCH3 is 1. The van der Waals surface area contributed by atoms with Crippen molar-refractivity contribution in [2.24, 2.45) is 0 Å². The third kappa shape index (κ3) is 4.56. The number of benzene rings is 2. The lowest BCUT2D eigenvalue weighted by molar-refractivity contribution is -0.274. The Hall–Kier alpha value is -4.87. The summed E-state index contributed by atoms with van der Waals surface area (Å²) >= 11 is 0. The van der Waals surface area contributed by atoms with E-state index >= 15 is 0 Å². The molecule has 0 fully saturated rings. The molecule has 0 saturated carbocycles. The Bertz CT molecular complexity index is 1570. The number of aromatic nitrogens is 6. The van der Waals surface area contributed by atoms with Gasteiger partial charge in [-0.3, -0.25) is 4.79 Å². The van der Waals surface area contributed by atoms with Crippen LogP contribution in [0.15, 0.2) is 90.2 Å². The maximum absolute atomic E-state index is 12.8. The number of nitrogens with zero attached hydrogens (tertiary/aromatic N) is 6. The van der Waals surface area contributed by atoms with E-state index in [4.69, 9.17) is 4.74 Å². The Morgan fingerprint density at radius 2 is 1.72 bits per heavy atom. The first kappa shape index (κ1) is 22.9. The maximum Gasteiger partial charge on any atom is 0.573 e. The highest BCUT2D eigenvalue weighted by molar-refractivity contribution is 5.59. The highest BCUT2D eigenvalue weighted by Gasteiger charge is 2.31. The van der Waals surface area contributed by atoms with Crippen molar-refractivity contribution in [3.8, 4) is 39.9 Å². The molecule has 3 aromatic heterocycles. The Morgan fingerprint density at radius 3 is 2.47 bits per heavy atom. The first-order valence-electron chi connectivity index (χ1n) is 10.5. The van der Waals surface area contributed by atoms with Gasteiger partial charge in [-0.05, 0) is 36.4 Å². The molecule has 0 aliphatic heterocycles. The minimum absolute atomic E-state index is 0.0374. The van der Waals surface area contributed by atoms with Gasteiger partial charge in [0.2, 0.25) is 5.43 Å². The van der Waals surface area contributed by atoms with E-state index in [-0.39, 0.29) is 17.1 Å². The minimum atomic E-state index is -4.84. The lowest BCUT2D eigenvalue weighted by Crippen LogP contribution is -2.17. The number of hydrogen-bond donors (Lipinski definition) is 0. The normalized spacial score (nSPS) is 11.4. The van der Waals surface area contributed by atoms with Crippen molar-refractivity contribution in [3.05, 3.63) is 95.7 Å². The molecule has 9 nitrogen and oxygen atoms in total. The zero-order valence-electron chi connectivity index (χ0n) is 18.6. The van der Waals surface area contributed by atoms with Crippen LogP contribution in [0.25, 0.3) is 28.5 Å².